The minimum atomic E-state index is 0.227. The molecule has 1 heterocycles. The summed E-state index contributed by atoms with van der Waals surface area (Å²) >= 11 is 0. The molecular weight excluding hydrogens is 240 g/mol. The summed E-state index contributed by atoms with van der Waals surface area (Å²) in [6, 6.07) is 4.77. The van der Waals surface area contributed by atoms with Gasteiger partial charge in [-0.2, -0.15) is 0 Å². The second kappa shape index (κ2) is 6.24. The molecule has 1 aliphatic rings. The second-order valence-corrected chi connectivity index (χ2v) is 5.62. The van der Waals surface area contributed by atoms with E-state index in [2.05, 4.69) is 19.2 Å². The van der Waals surface area contributed by atoms with E-state index in [9.17, 15) is 4.79 Å². The molecular formula is C15H24N2O2. The largest absolute Gasteiger partial charge is 0.464 e. The van der Waals surface area contributed by atoms with Crippen LogP contribution in [0.5, 0.6) is 0 Å². The maximum absolute atomic E-state index is 12.3. The number of furan rings is 1. The van der Waals surface area contributed by atoms with Gasteiger partial charge in [-0.05, 0) is 31.9 Å². The molecule has 1 saturated carbocycles. The molecule has 0 bridgehead atoms. The molecule has 1 aliphatic carbocycles. The zero-order chi connectivity index (χ0) is 13.8. The number of carbonyl (C=O) groups excluding carboxylic acids is 1. The van der Waals surface area contributed by atoms with Crippen LogP contribution in [0.3, 0.4) is 0 Å². The van der Waals surface area contributed by atoms with Crippen LogP contribution in [0.2, 0.25) is 0 Å². The van der Waals surface area contributed by atoms with Crippen LogP contribution < -0.4 is 5.32 Å². The van der Waals surface area contributed by atoms with Crippen LogP contribution in [0, 0.1) is 6.92 Å². The van der Waals surface area contributed by atoms with E-state index < -0.39 is 0 Å². The van der Waals surface area contributed by atoms with Crippen LogP contribution in [0.1, 0.15) is 44.6 Å². The van der Waals surface area contributed by atoms with Gasteiger partial charge in [0.2, 0.25) is 5.91 Å². The molecule has 4 heteroatoms. The first kappa shape index (κ1) is 14.1. The van der Waals surface area contributed by atoms with Gasteiger partial charge in [0.15, 0.2) is 0 Å². The summed E-state index contributed by atoms with van der Waals surface area (Å²) in [5.74, 6) is 2.01. The predicted molar refractivity (Wildman–Crippen MR) is 74.8 cm³/mol. The number of rotatable bonds is 7. The van der Waals surface area contributed by atoms with Gasteiger partial charge in [-0.3, -0.25) is 4.79 Å². The summed E-state index contributed by atoms with van der Waals surface area (Å²) in [6.07, 6.45) is 2.82. The van der Waals surface area contributed by atoms with Gasteiger partial charge in [0.1, 0.15) is 11.5 Å². The van der Waals surface area contributed by atoms with Crippen molar-refractivity contribution in [3.63, 3.8) is 0 Å². The van der Waals surface area contributed by atoms with E-state index in [-0.39, 0.29) is 5.91 Å². The first-order valence-corrected chi connectivity index (χ1v) is 7.14. The van der Waals surface area contributed by atoms with Gasteiger partial charge in [0, 0.05) is 25.0 Å². The van der Waals surface area contributed by atoms with Crippen molar-refractivity contribution in [2.75, 3.05) is 6.54 Å². The highest BCUT2D eigenvalue weighted by Crippen LogP contribution is 2.29. The molecule has 106 valence electrons. The molecule has 0 spiro atoms. The summed E-state index contributed by atoms with van der Waals surface area (Å²) in [5, 5.41) is 3.29. The number of carbonyl (C=O) groups is 1. The Morgan fingerprint density at radius 3 is 2.74 bits per heavy atom. The molecule has 0 aliphatic heterocycles. The third-order valence-corrected chi connectivity index (χ3v) is 3.32. The molecule has 1 N–H and O–H groups in total. The van der Waals surface area contributed by atoms with E-state index in [1.807, 2.05) is 24.0 Å². The molecule has 1 aromatic rings. The third-order valence-electron chi connectivity index (χ3n) is 3.32. The number of nitrogens with one attached hydrogen (secondary N) is 1. The van der Waals surface area contributed by atoms with E-state index in [0.29, 0.717) is 25.0 Å². The van der Waals surface area contributed by atoms with Crippen molar-refractivity contribution >= 4 is 5.91 Å². The van der Waals surface area contributed by atoms with Gasteiger partial charge in [-0.25, -0.2) is 0 Å². The number of hydrogen-bond acceptors (Lipinski definition) is 3. The normalized spacial score (nSPS) is 14.9. The number of amides is 1. The van der Waals surface area contributed by atoms with E-state index >= 15 is 0 Å². The Labute approximate surface area is 115 Å². The lowest BCUT2D eigenvalue weighted by Crippen LogP contribution is -2.35. The quantitative estimate of drug-likeness (QED) is 0.823. The lowest BCUT2D eigenvalue weighted by atomic mass is 10.3. The molecule has 0 atom stereocenters. The molecule has 1 aromatic heterocycles. The fourth-order valence-electron chi connectivity index (χ4n) is 2.16. The van der Waals surface area contributed by atoms with Crippen LogP contribution in [0.25, 0.3) is 0 Å². The molecule has 19 heavy (non-hydrogen) atoms. The molecule has 0 unspecified atom stereocenters. The van der Waals surface area contributed by atoms with Crippen molar-refractivity contribution < 1.29 is 9.21 Å². The third kappa shape index (κ3) is 4.39. The van der Waals surface area contributed by atoms with Crippen LogP contribution in [-0.2, 0) is 11.3 Å². The molecule has 1 amide bonds. The minimum absolute atomic E-state index is 0.227. The Kier molecular flexibility index (Phi) is 4.64. The Balaban J connectivity index is 1.86. The first-order chi connectivity index (χ1) is 9.06. The molecule has 0 aromatic carbocycles. The predicted octanol–water partition coefficient (Wildman–Crippen LogP) is 2.47. The molecule has 0 saturated heterocycles. The summed E-state index contributed by atoms with van der Waals surface area (Å²) in [4.78, 5) is 14.2. The fraction of sp³-hybridized carbons (Fsp3) is 0.667. The summed E-state index contributed by atoms with van der Waals surface area (Å²) in [5.41, 5.74) is 0. The minimum Gasteiger partial charge on any atom is -0.464 e. The van der Waals surface area contributed by atoms with Crippen LogP contribution in [-0.4, -0.2) is 29.4 Å². The highest BCUT2D eigenvalue weighted by atomic mass is 16.3. The summed E-state index contributed by atoms with van der Waals surface area (Å²) in [6.45, 7) is 7.47. The van der Waals surface area contributed by atoms with Crippen molar-refractivity contribution in [1.82, 2.24) is 10.2 Å². The van der Waals surface area contributed by atoms with E-state index in [0.717, 1.165) is 30.9 Å². The van der Waals surface area contributed by atoms with Gasteiger partial charge in [-0.1, -0.05) is 13.8 Å². The van der Waals surface area contributed by atoms with Crippen molar-refractivity contribution in [3.05, 3.63) is 23.7 Å². The number of hydrogen-bond donors (Lipinski definition) is 1. The maximum Gasteiger partial charge on any atom is 0.224 e. The van der Waals surface area contributed by atoms with Crippen molar-refractivity contribution in [2.24, 2.45) is 0 Å². The average Bonchev–Trinajstić information content (AvgIpc) is 3.09. The van der Waals surface area contributed by atoms with Gasteiger partial charge in [-0.15, -0.1) is 0 Å². The van der Waals surface area contributed by atoms with E-state index in [1.165, 1.54) is 0 Å². The average molecular weight is 264 g/mol. The van der Waals surface area contributed by atoms with Gasteiger partial charge in [0.25, 0.3) is 0 Å². The number of aryl methyl sites for hydroxylation is 1. The molecule has 1 fully saturated rings. The van der Waals surface area contributed by atoms with E-state index in [4.69, 9.17) is 4.42 Å². The number of nitrogens with zero attached hydrogens (tertiary/aromatic N) is 1. The molecule has 4 nitrogen and oxygen atoms in total. The Bertz CT molecular complexity index is 422. The van der Waals surface area contributed by atoms with Crippen LogP contribution >= 0.6 is 0 Å². The standard InChI is InChI=1S/C15H24N2O2/c1-11(2)16-9-8-15(18)17(13-5-6-13)10-14-7-4-12(3)19-14/h4,7,11,13,16H,5-6,8-10H2,1-3H3. The summed E-state index contributed by atoms with van der Waals surface area (Å²) in [7, 11) is 0. The summed E-state index contributed by atoms with van der Waals surface area (Å²) < 4.78 is 5.58. The first-order valence-electron chi connectivity index (χ1n) is 7.14. The Morgan fingerprint density at radius 1 is 1.47 bits per heavy atom. The van der Waals surface area contributed by atoms with Crippen molar-refractivity contribution in [1.29, 1.82) is 0 Å². The molecule has 2 rings (SSSR count). The van der Waals surface area contributed by atoms with Crippen LogP contribution in [0.15, 0.2) is 16.5 Å². The van der Waals surface area contributed by atoms with Gasteiger partial charge >= 0.3 is 0 Å². The lowest BCUT2D eigenvalue weighted by molar-refractivity contribution is -0.132. The van der Waals surface area contributed by atoms with Gasteiger partial charge < -0.3 is 14.6 Å². The van der Waals surface area contributed by atoms with Crippen molar-refractivity contribution in [2.45, 2.75) is 58.7 Å². The highest BCUT2D eigenvalue weighted by molar-refractivity contribution is 5.77. The Hall–Kier alpha value is -1.29. The fourth-order valence-corrected chi connectivity index (χ4v) is 2.16. The van der Waals surface area contributed by atoms with Gasteiger partial charge in [0.05, 0.1) is 6.54 Å². The monoisotopic (exact) mass is 264 g/mol. The second-order valence-electron chi connectivity index (χ2n) is 5.62. The van der Waals surface area contributed by atoms with Crippen LogP contribution in [0.4, 0.5) is 0 Å². The Morgan fingerprint density at radius 2 is 2.21 bits per heavy atom. The lowest BCUT2D eigenvalue weighted by Gasteiger charge is -2.21. The topological polar surface area (TPSA) is 45.5 Å². The smallest absolute Gasteiger partial charge is 0.224 e. The SMILES string of the molecule is Cc1ccc(CN(C(=O)CCNC(C)C)C2CC2)o1. The zero-order valence-electron chi connectivity index (χ0n) is 12.1. The molecule has 0 radical (unpaired) electrons. The highest BCUT2D eigenvalue weighted by Gasteiger charge is 2.32. The maximum atomic E-state index is 12.3. The zero-order valence-corrected chi connectivity index (χ0v) is 12.1. The van der Waals surface area contributed by atoms with Crippen molar-refractivity contribution in [3.8, 4) is 0 Å². The van der Waals surface area contributed by atoms with E-state index in [1.54, 1.807) is 0 Å².